The monoisotopic (exact) mass is 285 g/mol. The van der Waals surface area contributed by atoms with E-state index in [0.29, 0.717) is 12.3 Å². The van der Waals surface area contributed by atoms with Crippen LogP contribution in [0.3, 0.4) is 0 Å². The third kappa shape index (κ3) is 2.69. The summed E-state index contributed by atoms with van der Waals surface area (Å²) in [7, 11) is 0. The number of hydrogen-bond acceptors (Lipinski definition) is 2. The highest BCUT2D eigenvalue weighted by Gasteiger charge is 2.39. The Kier molecular flexibility index (Phi) is 3.52. The molecule has 0 saturated carbocycles. The van der Waals surface area contributed by atoms with E-state index in [9.17, 15) is 4.79 Å². The van der Waals surface area contributed by atoms with Gasteiger partial charge in [-0.2, -0.15) is 0 Å². The van der Waals surface area contributed by atoms with Crippen molar-refractivity contribution < 1.29 is 9.21 Å². The molecule has 112 valence electrons. The van der Waals surface area contributed by atoms with E-state index < -0.39 is 0 Å². The fraction of sp³-hybridized carbons (Fsp3) is 0.500. The summed E-state index contributed by atoms with van der Waals surface area (Å²) in [6, 6.07) is 8.16. The van der Waals surface area contributed by atoms with E-state index in [0.717, 1.165) is 30.6 Å². The van der Waals surface area contributed by atoms with Gasteiger partial charge >= 0.3 is 0 Å². The molecule has 0 radical (unpaired) electrons. The van der Waals surface area contributed by atoms with Crippen molar-refractivity contribution in [3.05, 3.63) is 35.6 Å². The topological polar surface area (TPSA) is 42.2 Å². The zero-order valence-electron chi connectivity index (χ0n) is 13.0. The zero-order chi connectivity index (χ0) is 15.0. The van der Waals surface area contributed by atoms with Gasteiger partial charge < -0.3 is 9.73 Å². The van der Waals surface area contributed by atoms with Gasteiger partial charge in [-0.25, -0.2) is 0 Å². The Morgan fingerprint density at radius 1 is 1.33 bits per heavy atom. The second-order valence-corrected chi connectivity index (χ2v) is 6.74. The Morgan fingerprint density at radius 2 is 2.10 bits per heavy atom. The van der Waals surface area contributed by atoms with Crippen LogP contribution in [0, 0.1) is 12.8 Å². The molecule has 1 N–H and O–H groups in total. The number of para-hydroxylation sites is 1. The van der Waals surface area contributed by atoms with Crippen LogP contribution >= 0.6 is 0 Å². The van der Waals surface area contributed by atoms with Gasteiger partial charge in [-0.15, -0.1) is 0 Å². The maximum Gasteiger partial charge on any atom is 0.220 e. The highest BCUT2D eigenvalue weighted by molar-refractivity contribution is 5.83. The molecule has 1 aliphatic heterocycles. The molecule has 3 nitrogen and oxygen atoms in total. The predicted octanol–water partition coefficient (Wildman–Crippen LogP) is 3.98. The van der Waals surface area contributed by atoms with Crippen LogP contribution < -0.4 is 5.32 Å². The average molecular weight is 285 g/mol. The first-order chi connectivity index (χ1) is 9.99. The molecule has 1 aromatic heterocycles. The van der Waals surface area contributed by atoms with Crippen molar-refractivity contribution in [3.8, 4) is 0 Å². The van der Waals surface area contributed by atoms with Crippen molar-refractivity contribution in [1.29, 1.82) is 0 Å². The van der Waals surface area contributed by atoms with E-state index in [-0.39, 0.29) is 11.4 Å². The van der Waals surface area contributed by atoms with Crippen LogP contribution in [0.2, 0.25) is 0 Å². The molecule has 3 rings (SSSR count). The number of nitrogens with one attached hydrogen (secondary N) is 1. The lowest BCUT2D eigenvalue weighted by Crippen LogP contribution is -2.44. The van der Waals surface area contributed by atoms with Crippen molar-refractivity contribution in [2.24, 2.45) is 5.92 Å². The van der Waals surface area contributed by atoms with E-state index >= 15 is 0 Å². The van der Waals surface area contributed by atoms with Crippen molar-refractivity contribution in [3.63, 3.8) is 0 Å². The van der Waals surface area contributed by atoms with Gasteiger partial charge in [0.2, 0.25) is 5.91 Å². The maximum absolute atomic E-state index is 11.8. The summed E-state index contributed by atoms with van der Waals surface area (Å²) >= 11 is 0. The minimum Gasteiger partial charge on any atom is -0.461 e. The van der Waals surface area contributed by atoms with Crippen LogP contribution in [0.15, 0.2) is 28.7 Å². The number of fused-ring (bicyclic) bond motifs is 1. The molecule has 2 aromatic rings. The molecule has 2 heterocycles. The summed E-state index contributed by atoms with van der Waals surface area (Å²) in [5.74, 6) is 1.71. The Balaban J connectivity index is 1.98. The van der Waals surface area contributed by atoms with Crippen LogP contribution in [0.5, 0.6) is 0 Å². The van der Waals surface area contributed by atoms with Crippen molar-refractivity contribution in [2.75, 3.05) is 0 Å². The summed E-state index contributed by atoms with van der Waals surface area (Å²) in [6.07, 6.45) is 3.43. The zero-order valence-corrected chi connectivity index (χ0v) is 13.0. The molecule has 0 aliphatic carbocycles. The van der Waals surface area contributed by atoms with Gasteiger partial charge in [0.25, 0.3) is 0 Å². The fourth-order valence-electron chi connectivity index (χ4n) is 3.69. The molecule has 21 heavy (non-hydrogen) atoms. The van der Waals surface area contributed by atoms with Crippen molar-refractivity contribution in [1.82, 2.24) is 5.32 Å². The van der Waals surface area contributed by atoms with E-state index in [1.165, 1.54) is 10.9 Å². The Morgan fingerprint density at radius 3 is 2.76 bits per heavy atom. The normalized spacial score (nSPS) is 22.2. The van der Waals surface area contributed by atoms with E-state index in [1.54, 1.807) is 0 Å². The summed E-state index contributed by atoms with van der Waals surface area (Å²) in [5.41, 5.74) is 2.07. The van der Waals surface area contributed by atoms with Gasteiger partial charge in [0, 0.05) is 22.9 Å². The van der Waals surface area contributed by atoms with Crippen LogP contribution in [-0.2, 0) is 11.2 Å². The molecule has 1 atom stereocenters. The highest BCUT2D eigenvalue weighted by Crippen LogP contribution is 2.35. The van der Waals surface area contributed by atoms with Gasteiger partial charge in [-0.3, -0.25) is 4.79 Å². The molecule has 0 spiro atoms. The summed E-state index contributed by atoms with van der Waals surface area (Å²) in [6.45, 7) is 6.45. The van der Waals surface area contributed by atoms with Gasteiger partial charge in [-0.05, 0) is 38.2 Å². The van der Waals surface area contributed by atoms with Crippen molar-refractivity contribution >= 4 is 16.9 Å². The SMILES string of the molecule is Cc1oc2ccccc2c1CC1(CC(C)C)CCC(=O)N1. The third-order valence-corrected chi connectivity index (χ3v) is 4.45. The molecule has 1 saturated heterocycles. The molecule has 3 heteroatoms. The highest BCUT2D eigenvalue weighted by atomic mass is 16.3. The lowest BCUT2D eigenvalue weighted by Gasteiger charge is -2.31. The first-order valence-corrected chi connectivity index (χ1v) is 7.77. The Hall–Kier alpha value is -1.77. The first-order valence-electron chi connectivity index (χ1n) is 7.77. The molecule has 0 bridgehead atoms. The number of aryl methyl sites for hydroxylation is 1. The number of furan rings is 1. The molecule has 1 aliphatic rings. The number of amides is 1. The van der Waals surface area contributed by atoms with Crippen LogP contribution in [0.25, 0.3) is 11.0 Å². The smallest absolute Gasteiger partial charge is 0.220 e. The minimum atomic E-state index is -0.108. The molecule has 1 unspecified atom stereocenters. The number of rotatable bonds is 4. The van der Waals surface area contributed by atoms with Crippen LogP contribution in [0.1, 0.15) is 44.4 Å². The van der Waals surface area contributed by atoms with Gasteiger partial charge in [0.1, 0.15) is 11.3 Å². The van der Waals surface area contributed by atoms with E-state index in [4.69, 9.17) is 4.42 Å². The Bertz CT molecular complexity index is 671. The number of carbonyl (C=O) groups excluding carboxylic acids is 1. The standard InChI is InChI=1S/C18H23NO2/c1-12(2)10-18(9-8-17(20)19-18)11-15-13(3)21-16-7-5-4-6-14(15)16/h4-7,12H,8-11H2,1-3H3,(H,19,20). The molecule has 1 aromatic carbocycles. The van der Waals surface area contributed by atoms with Gasteiger partial charge in [0.15, 0.2) is 0 Å². The number of carbonyl (C=O) groups is 1. The van der Waals surface area contributed by atoms with E-state index in [2.05, 4.69) is 25.2 Å². The third-order valence-electron chi connectivity index (χ3n) is 4.45. The van der Waals surface area contributed by atoms with Gasteiger partial charge in [0.05, 0.1) is 0 Å². The molecular weight excluding hydrogens is 262 g/mol. The lowest BCUT2D eigenvalue weighted by molar-refractivity contribution is -0.119. The summed E-state index contributed by atoms with van der Waals surface area (Å²) < 4.78 is 5.87. The lowest BCUT2D eigenvalue weighted by atomic mass is 9.81. The van der Waals surface area contributed by atoms with Crippen molar-refractivity contribution in [2.45, 2.75) is 52.0 Å². The summed E-state index contributed by atoms with van der Waals surface area (Å²) in [4.78, 5) is 11.8. The van der Waals surface area contributed by atoms with Crippen LogP contribution in [-0.4, -0.2) is 11.4 Å². The van der Waals surface area contributed by atoms with Gasteiger partial charge in [-0.1, -0.05) is 32.0 Å². The number of hydrogen-bond donors (Lipinski definition) is 1. The van der Waals surface area contributed by atoms with Crippen LogP contribution in [0.4, 0.5) is 0 Å². The quantitative estimate of drug-likeness (QED) is 0.923. The first kappa shape index (κ1) is 14.2. The number of benzene rings is 1. The molecule has 1 amide bonds. The largest absolute Gasteiger partial charge is 0.461 e. The predicted molar refractivity (Wildman–Crippen MR) is 84.2 cm³/mol. The molecule has 1 fully saturated rings. The van der Waals surface area contributed by atoms with E-state index in [1.807, 2.05) is 25.1 Å². The second kappa shape index (κ2) is 5.21. The Labute approximate surface area is 125 Å². The summed E-state index contributed by atoms with van der Waals surface area (Å²) in [5, 5.41) is 4.43. The molecular formula is C18H23NO2. The maximum atomic E-state index is 11.8. The fourth-order valence-corrected chi connectivity index (χ4v) is 3.69. The minimum absolute atomic E-state index is 0.108. The average Bonchev–Trinajstić information content (AvgIpc) is 2.91. The second-order valence-electron chi connectivity index (χ2n) is 6.74.